The van der Waals surface area contributed by atoms with E-state index in [0.717, 1.165) is 57.1 Å². The highest BCUT2D eigenvalue weighted by molar-refractivity contribution is 8.19. The minimum atomic E-state index is -4.57. The zero-order valence-corrected chi connectivity index (χ0v) is 69.3. The molecule has 6 aromatic heterocycles. The minimum absolute atomic E-state index is 0.00353. The zero-order chi connectivity index (χ0) is 81.7. The fourth-order valence-corrected chi connectivity index (χ4v) is 20.8. The summed E-state index contributed by atoms with van der Waals surface area (Å²) in [6.07, 6.45) is -3.85. The van der Waals surface area contributed by atoms with E-state index >= 15 is 0 Å². The van der Waals surface area contributed by atoms with Crippen LogP contribution in [0.1, 0.15) is 100 Å². The first-order valence-electron chi connectivity index (χ1n) is 32.8. The molecule has 7 heterocycles. The van der Waals surface area contributed by atoms with E-state index < -0.39 is 65.4 Å². The van der Waals surface area contributed by atoms with Crippen LogP contribution in [-0.4, -0.2) is 98.8 Å². The van der Waals surface area contributed by atoms with E-state index in [1.165, 1.54) is 70.0 Å². The van der Waals surface area contributed by atoms with Gasteiger partial charge in [0.1, 0.15) is 58.0 Å². The van der Waals surface area contributed by atoms with E-state index in [0.29, 0.717) is 67.4 Å². The summed E-state index contributed by atoms with van der Waals surface area (Å²) in [5.41, 5.74) is 8.71. The number of aromatic nitrogens is 3. The standard InChI is InChI=1S/C25H21ClN4O4S5.C23H18Cl2N4O5S3.C22H21ClF3N5O5S2/c26-18-7-5-15(6-8-18)22(31)27-13-19-9-10-21(38-19)39(33,34)30-29-23(32)20-14-37-24(28-20)16-1-3-17(4-2-16)25-35-11-12-36-25;24-15-7-5-14(6-8-15)22(30)26-11-16-9-10-21(36-16)37(32,33)29-28-23(31)18-13-35-20(27-18)12-34-19-4-2-1-3-17(19)25;23-16-10-13(22(24,25)26)11-28-20(16)27-9-3-6-18(33)30-31-38(35,36)19-8-7-14(37-19)12-29-21(34)15-4-1-2-5-17(15)32/h1-10,14,25,30H,11-13H2,(H,27,31)(H,29,32);1-10,13,29H,11-12H2,(H,26,30)(H,28,31);1-2,4-5,7-8,10-11,31-32H,3,6,9,12H2,(H,27,28)(H,29,34)(H,30,33). The SMILES string of the molecule is O=C(CCCNc1ncc(C(F)(F)F)cc1Cl)NNS(=O)(=O)c1ccc(CNC(=O)c2ccccc2O)s1.O=C(NCc1ccc(S(=O)(=O)NNC(=O)c2csc(-c3ccc(C4SCCS4)cc3)n2)s1)c1ccc(Cl)cc1.O=C(NCc1ccc(S(=O)(=O)NNC(=O)c2csc(COc3ccccc3Cl)n2)s1)c1ccc(Cl)cc1. The Kier molecular flexibility index (Phi) is 31.2. The highest BCUT2D eigenvalue weighted by Crippen LogP contribution is 2.45. The Morgan fingerprint density at radius 1 is 0.544 bits per heavy atom. The number of carbonyl (C=O) groups is 6. The fraction of sp³-hybridized carbons (Fsp3) is 0.157. The third-order valence-corrected chi connectivity index (χ3v) is 29.5. The summed E-state index contributed by atoms with van der Waals surface area (Å²) in [5, 5.41) is 26.0. The van der Waals surface area contributed by atoms with Crippen LogP contribution >= 0.6 is 127 Å². The van der Waals surface area contributed by atoms with Crippen LogP contribution in [0, 0.1) is 0 Å². The molecule has 0 spiro atoms. The van der Waals surface area contributed by atoms with Crippen molar-refractivity contribution in [2.75, 3.05) is 23.4 Å². The van der Waals surface area contributed by atoms with Crippen LogP contribution in [-0.2, 0) is 67.3 Å². The van der Waals surface area contributed by atoms with Gasteiger partial charge < -0.3 is 31.1 Å². The molecule has 1 fully saturated rings. The van der Waals surface area contributed by atoms with E-state index in [2.05, 4.69) is 74.3 Å². The van der Waals surface area contributed by atoms with Crippen LogP contribution < -0.4 is 56.8 Å². The summed E-state index contributed by atoms with van der Waals surface area (Å²) in [5.74, 6) is -0.560. The summed E-state index contributed by atoms with van der Waals surface area (Å²) in [6.45, 7) is 0.532. The first-order chi connectivity index (χ1) is 54.4. The van der Waals surface area contributed by atoms with Crippen molar-refractivity contribution in [2.24, 2.45) is 0 Å². The number of benzene rings is 5. The number of halogens is 7. The monoisotopic (exact) mass is 1820 g/mol. The maximum Gasteiger partial charge on any atom is 0.417 e. The molecule has 0 bridgehead atoms. The number of nitrogens with zero attached hydrogens (tertiary/aromatic N) is 3. The zero-order valence-electron chi connectivity index (χ0n) is 58.1. The number of sulfonamides is 3. The van der Waals surface area contributed by atoms with Gasteiger partial charge in [-0.05, 0) is 127 Å². The number of phenolic OH excluding ortho intramolecular Hbond substituents is 1. The second-order valence-corrected chi connectivity index (χ2v) is 38.6. The number of phenols is 1. The number of thiophene rings is 3. The summed E-state index contributed by atoms with van der Waals surface area (Å²) in [6, 6.07) is 43.4. The number of amides is 6. The number of thiazole rings is 2. The van der Waals surface area contributed by atoms with Crippen LogP contribution in [0.15, 0.2) is 193 Å². The van der Waals surface area contributed by atoms with Crippen molar-refractivity contribution in [1.82, 2.24) is 61.7 Å². The van der Waals surface area contributed by atoms with Crippen molar-refractivity contribution in [3.8, 4) is 22.1 Å². The average molecular weight is 1830 g/mol. The number of anilines is 1. The molecule has 114 heavy (non-hydrogen) atoms. The quantitative estimate of drug-likeness (QED) is 0.0147. The molecule has 44 heteroatoms. The lowest BCUT2D eigenvalue weighted by Gasteiger charge is -2.11. The third-order valence-electron chi connectivity index (χ3n) is 15.1. The molecule has 0 aliphatic carbocycles. The molecule has 1 saturated heterocycles. The Hall–Kier alpha value is -8.79. The highest BCUT2D eigenvalue weighted by atomic mass is 35.5. The molecule has 11 N–H and O–H groups in total. The van der Waals surface area contributed by atoms with E-state index in [-0.39, 0.29) is 104 Å². The second-order valence-electron chi connectivity index (χ2n) is 23.2. The van der Waals surface area contributed by atoms with Crippen LogP contribution in [0.4, 0.5) is 19.0 Å². The summed E-state index contributed by atoms with van der Waals surface area (Å²) in [4.78, 5) is 93.7. The van der Waals surface area contributed by atoms with Gasteiger partial charge in [-0.1, -0.05) is 94.9 Å². The van der Waals surface area contributed by atoms with Crippen molar-refractivity contribution in [2.45, 2.75) is 62.5 Å². The van der Waals surface area contributed by atoms with E-state index in [1.54, 1.807) is 102 Å². The molecule has 11 aromatic rings. The first-order valence-corrected chi connectivity index (χ1v) is 45.1. The third kappa shape index (κ3) is 25.6. The van der Waals surface area contributed by atoms with Gasteiger partial charge in [0, 0.05) is 82.8 Å². The van der Waals surface area contributed by atoms with Gasteiger partial charge in [0.25, 0.3) is 59.6 Å². The van der Waals surface area contributed by atoms with Gasteiger partial charge in [0.05, 0.1) is 45.4 Å². The largest absolute Gasteiger partial charge is 0.507 e. The molecule has 12 rings (SSSR count). The second kappa shape index (κ2) is 40.7. The van der Waals surface area contributed by atoms with Gasteiger partial charge in [-0.3, -0.25) is 45.0 Å². The van der Waals surface area contributed by atoms with Crippen LogP contribution in [0.25, 0.3) is 10.6 Å². The molecule has 0 atom stereocenters. The number of aromatic hydroxyl groups is 1. The predicted octanol–water partition coefficient (Wildman–Crippen LogP) is 13.9. The summed E-state index contributed by atoms with van der Waals surface area (Å²) < 4.78 is 119. The molecule has 5 aromatic carbocycles. The lowest BCUT2D eigenvalue weighted by molar-refractivity contribution is -0.137. The van der Waals surface area contributed by atoms with Gasteiger partial charge in [0.2, 0.25) is 5.91 Å². The normalized spacial score (nSPS) is 12.3. The summed E-state index contributed by atoms with van der Waals surface area (Å²) in [7, 11) is -12.1. The summed E-state index contributed by atoms with van der Waals surface area (Å²) >= 11 is 32.7. The Morgan fingerprint density at radius 2 is 1.04 bits per heavy atom. The number of hydrogen-bond acceptors (Lipinski definition) is 25. The first kappa shape index (κ1) is 87.6. The lowest BCUT2D eigenvalue weighted by Crippen LogP contribution is -2.41. The molecule has 0 saturated carbocycles. The van der Waals surface area contributed by atoms with Crippen molar-refractivity contribution in [3.63, 3.8) is 0 Å². The lowest BCUT2D eigenvalue weighted by atomic mass is 10.1. The number of para-hydroxylation sites is 2. The van der Waals surface area contributed by atoms with Crippen LogP contribution in [0.5, 0.6) is 11.5 Å². The maximum atomic E-state index is 12.7. The van der Waals surface area contributed by atoms with Crippen molar-refractivity contribution < 1.29 is 77.0 Å². The highest BCUT2D eigenvalue weighted by Gasteiger charge is 2.32. The van der Waals surface area contributed by atoms with Crippen LogP contribution in [0.3, 0.4) is 0 Å². The number of ether oxygens (including phenoxy) is 1. The van der Waals surface area contributed by atoms with E-state index in [1.807, 2.05) is 40.5 Å². The molecular weight excluding hydrogens is 1770 g/mol. The number of thioether (sulfide) groups is 2. The smallest absolute Gasteiger partial charge is 0.417 e. The Labute approximate surface area is 698 Å². The topological polar surface area (TPSA) is 393 Å². The molecule has 1 aliphatic rings. The number of hydrazine groups is 3. The number of carbonyl (C=O) groups excluding carboxylic acids is 6. The molecule has 1 aliphatic heterocycles. The number of pyridine rings is 1. The number of rotatable bonds is 30. The maximum absolute atomic E-state index is 12.7. The Balaban J connectivity index is 0.000000181. The van der Waals surface area contributed by atoms with Crippen LogP contribution in [0.2, 0.25) is 20.1 Å². The molecule has 6 amide bonds. The van der Waals surface area contributed by atoms with Crippen molar-refractivity contribution >= 4 is 198 Å². The number of alkyl halides is 3. The van der Waals surface area contributed by atoms with Crippen molar-refractivity contribution in [1.29, 1.82) is 0 Å². The van der Waals surface area contributed by atoms with E-state index in [4.69, 9.17) is 51.1 Å². The molecule has 0 radical (unpaired) electrons. The van der Waals surface area contributed by atoms with Crippen molar-refractivity contribution in [3.05, 3.63) is 260 Å². The van der Waals surface area contributed by atoms with Gasteiger partial charge in [-0.15, -0.1) is 94.7 Å². The van der Waals surface area contributed by atoms with Gasteiger partial charge in [0.15, 0.2) is 0 Å². The average Bonchev–Trinajstić information content (AvgIpc) is 1.39. The Morgan fingerprint density at radius 3 is 1.55 bits per heavy atom. The number of nitrogens with one attached hydrogen (secondary N) is 10. The van der Waals surface area contributed by atoms with Gasteiger partial charge in [-0.25, -0.2) is 40.2 Å². The van der Waals surface area contributed by atoms with Gasteiger partial charge >= 0.3 is 6.18 Å². The van der Waals surface area contributed by atoms with Gasteiger partial charge in [-0.2, -0.15) is 13.2 Å². The minimum Gasteiger partial charge on any atom is -0.507 e. The Bertz CT molecular complexity index is 5610. The predicted molar refractivity (Wildman–Crippen MR) is 437 cm³/mol. The molecular formula is C70H60Cl4F3N13O14S10. The van der Waals surface area contributed by atoms with E-state index in [9.17, 15) is 72.3 Å². The fourth-order valence-electron chi connectivity index (χ4n) is 9.36. The molecule has 27 nitrogen and oxygen atoms in total. The number of hydrogen-bond donors (Lipinski definition) is 11. The molecule has 598 valence electrons. The molecule has 0 unspecified atom stereocenters.